The molecule has 0 aromatic carbocycles. The Kier molecular flexibility index (Phi) is 3.37. The zero-order chi connectivity index (χ0) is 15.1. The van der Waals surface area contributed by atoms with Crippen molar-refractivity contribution in [1.29, 1.82) is 0 Å². The first-order chi connectivity index (χ1) is 10.7. The fraction of sp³-hybridized carbons (Fsp3) is 0.529. The Morgan fingerprint density at radius 2 is 2.09 bits per heavy atom. The van der Waals surface area contributed by atoms with Gasteiger partial charge in [0.25, 0.3) is 5.56 Å². The van der Waals surface area contributed by atoms with E-state index < -0.39 is 0 Å². The largest absolute Gasteiger partial charge is 0.354 e. The molecule has 1 saturated heterocycles. The van der Waals surface area contributed by atoms with E-state index in [-0.39, 0.29) is 5.56 Å². The van der Waals surface area contributed by atoms with E-state index in [1.807, 2.05) is 18.2 Å². The quantitative estimate of drug-likeness (QED) is 0.847. The Balaban J connectivity index is 1.59. The van der Waals surface area contributed by atoms with Crippen molar-refractivity contribution >= 4 is 11.5 Å². The predicted octanol–water partition coefficient (Wildman–Crippen LogP) is 1.76. The van der Waals surface area contributed by atoms with Crippen molar-refractivity contribution < 1.29 is 0 Å². The minimum atomic E-state index is -0.00493. The molecule has 0 bridgehead atoms. The van der Waals surface area contributed by atoms with Crippen LogP contribution in [0.3, 0.4) is 0 Å². The molecule has 0 unspecified atom stereocenters. The summed E-state index contributed by atoms with van der Waals surface area (Å²) in [7, 11) is 0. The van der Waals surface area contributed by atoms with Crippen molar-refractivity contribution in [2.75, 3.05) is 24.5 Å². The number of rotatable bonds is 2. The predicted molar refractivity (Wildman–Crippen MR) is 87.5 cm³/mol. The van der Waals surface area contributed by atoms with E-state index in [4.69, 9.17) is 0 Å². The fourth-order valence-electron chi connectivity index (χ4n) is 3.64. The third kappa shape index (κ3) is 2.29. The molecule has 5 nitrogen and oxygen atoms in total. The lowest BCUT2D eigenvalue weighted by atomic mass is 9.90. The van der Waals surface area contributed by atoms with Crippen molar-refractivity contribution in [3.05, 3.63) is 40.8 Å². The number of nitrogens with zero attached hydrogens (tertiary/aromatic N) is 4. The highest BCUT2D eigenvalue weighted by Crippen LogP contribution is 2.28. The topological polar surface area (TPSA) is 40.9 Å². The van der Waals surface area contributed by atoms with E-state index >= 15 is 0 Å². The summed E-state index contributed by atoms with van der Waals surface area (Å²) in [5, 5.41) is 0. The molecule has 3 heterocycles. The number of piperazine rings is 1. The molecule has 116 valence electrons. The van der Waals surface area contributed by atoms with Crippen molar-refractivity contribution in [2.24, 2.45) is 0 Å². The highest BCUT2D eigenvalue weighted by molar-refractivity contribution is 5.48. The van der Waals surface area contributed by atoms with E-state index in [1.54, 1.807) is 16.7 Å². The monoisotopic (exact) mass is 298 g/mol. The van der Waals surface area contributed by atoms with E-state index in [0.29, 0.717) is 6.04 Å². The highest BCUT2D eigenvalue weighted by Gasteiger charge is 2.32. The maximum Gasteiger partial charge on any atom is 0.259 e. The molecule has 5 heteroatoms. The molecule has 1 atom stereocenters. The molecule has 2 aromatic heterocycles. The van der Waals surface area contributed by atoms with Crippen LogP contribution in [-0.2, 0) is 0 Å². The summed E-state index contributed by atoms with van der Waals surface area (Å²) in [5.41, 5.74) is 0.716. The van der Waals surface area contributed by atoms with Gasteiger partial charge in [-0.2, -0.15) is 0 Å². The van der Waals surface area contributed by atoms with Gasteiger partial charge in [-0.15, -0.1) is 0 Å². The summed E-state index contributed by atoms with van der Waals surface area (Å²) in [6, 6.07) is 8.64. The Morgan fingerprint density at radius 3 is 2.82 bits per heavy atom. The molecule has 0 amide bonds. The Hall–Kier alpha value is -1.88. The average Bonchev–Trinajstić information content (AvgIpc) is 2.47. The number of aromatic nitrogens is 2. The molecule has 2 aromatic rings. The maximum atomic E-state index is 12.2. The minimum Gasteiger partial charge on any atom is -0.354 e. The van der Waals surface area contributed by atoms with Crippen LogP contribution in [0.25, 0.3) is 5.65 Å². The highest BCUT2D eigenvalue weighted by atomic mass is 16.1. The van der Waals surface area contributed by atoms with Gasteiger partial charge in [-0.3, -0.25) is 14.1 Å². The second-order valence-corrected chi connectivity index (χ2v) is 6.50. The van der Waals surface area contributed by atoms with Gasteiger partial charge >= 0.3 is 0 Å². The molecular weight excluding hydrogens is 276 g/mol. The van der Waals surface area contributed by atoms with E-state index in [2.05, 4.69) is 21.7 Å². The molecule has 2 aliphatic rings. The van der Waals surface area contributed by atoms with E-state index in [1.165, 1.54) is 19.3 Å². The number of hydrogen-bond acceptors (Lipinski definition) is 4. The van der Waals surface area contributed by atoms with Crippen LogP contribution in [0.2, 0.25) is 0 Å². The first-order valence-electron chi connectivity index (χ1n) is 8.21. The molecular formula is C17H22N4O. The fourth-order valence-corrected chi connectivity index (χ4v) is 3.64. The van der Waals surface area contributed by atoms with Crippen LogP contribution in [0.15, 0.2) is 35.3 Å². The van der Waals surface area contributed by atoms with Gasteiger partial charge in [0.15, 0.2) is 0 Å². The molecule has 1 aliphatic heterocycles. The molecule has 1 aliphatic carbocycles. The van der Waals surface area contributed by atoms with Crippen LogP contribution < -0.4 is 10.5 Å². The van der Waals surface area contributed by atoms with Crippen molar-refractivity contribution in [3.63, 3.8) is 0 Å². The van der Waals surface area contributed by atoms with Gasteiger partial charge in [0.2, 0.25) is 0 Å². The van der Waals surface area contributed by atoms with Crippen molar-refractivity contribution in [2.45, 2.75) is 38.3 Å². The van der Waals surface area contributed by atoms with Gasteiger partial charge in [-0.1, -0.05) is 12.5 Å². The zero-order valence-electron chi connectivity index (χ0n) is 13.0. The summed E-state index contributed by atoms with van der Waals surface area (Å²) in [4.78, 5) is 21.8. The SMILES string of the molecule is C[C@H]1CN(c2cc(=O)n3ccccc3n2)CCN1C1CCC1. The average molecular weight is 298 g/mol. The molecule has 1 saturated carbocycles. The number of hydrogen-bond donors (Lipinski definition) is 0. The molecule has 0 radical (unpaired) electrons. The molecule has 0 spiro atoms. The summed E-state index contributed by atoms with van der Waals surface area (Å²) in [6.45, 7) is 5.27. The Bertz CT molecular complexity index is 737. The van der Waals surface area contributed by atoms with Crippen LogP contribution in [0.1, 0.15) is 26.2 Å². The normalized spacial score (nSPS) is 23.7. The minimum absolute atomic E-state index is 0.00493. The maximum absolute atomic E-state index is 12.2. The smallest absolute Gasteiger partial charge is 0.259 e. The van der Waals surface area contributed by atoms with Crippen LogP contribution in [0.4, 0.5) is 5.82 Å². The second kappa shape index (κ2) is 5.39. The lowest BCUT2D eigenvalue weighted by Gasteiger charge is -2.47. The van der Waals surface area contributed by atoms with Gasteiger partial charge in [-0.05, 0) is 31.9 Å². The Labute approximate surface area is 130 Å². The standard InChI is InChI=1S/C17H22N4O/c1-13-12-19(9-10-20(13)14-5-4-6-14)16-11-17(22)21-8-3-2-7-15(21)18-16/h2-3,7-8,11,13-14H,4-6,9-10,12H2,1H3/t13-/m0/s1. The van der Waals surface area contributed by atoms with Gasteiger partial charge in [0.1, 0.15) is 11.5 Å². The number of anilines is 1. The molecule has 4 rings (SSSR count). The van der Waals surface area contributed by atoms with Crippen LogP contribution in [0, 0.1) is 0 Å². The van der Waals surface area contributed by atoms with Crippen LogP contribution in [0.5, 0.6) is 0 Å². The zero-order valence-corrected chi connectivity index (χ0v) is 13.0. The van der Waals surface area contributed by atoms with Gasteiger partial charge in [0, 0.05) is 44.0 Å². The number of pyridine rings is 1. The third-order valence-corrected chi connectivity index (χ3v) is 5.10. The summed E-state index contributed by atoms with van der Waals surface area (Å²) in [5.74, 6) is 0.816. The molecule has 2 fully saturated rings. The summed E-state index contributed by atoms with van der Waals surface area (Å²) in [6.07, 6.45) is 5.84. The van der Waals surface area contributed by atoms with Crippen molar-refractivity contribution in [1.82, 2.24) is 14.3 Å². The van der Waals surface area contributed by atoms with Gasteiger partial charge < -0.3 is 4.90 Å². The summed E-state index contributed by atoms with van der Waals surface area (Å²) >= 11 is 0. The lowest BCUT2D eigenvalue weighted by molar-refractivity contribution is 0.0773. The van der Waals surface area contributed by atoms with Gasteiger partial charge in [-0.25, -0.2) is 4.98 Å². The van der Waals surface area contributed by atoms with E-state index in [0.717, 1.165) is 37.1 Å². The van der Waals surface area contributed by atoms with Crippen molar-refractivity contribution in [3.8, 4) is 0 Å². The third-order valence-electron chi connectivity index (χ3n) is 5.10. The Morgan fingerprint density at radius 1 is 1.23 bits per heavy atom. The van der Waals surface area contributed by atoms with Crippen LogP contribution in [-0.4, -0.2) is 46.0 Å². The molecule has 22 heavy (non-hydrogen) atoms. The first kappa shape index (κ1) is 13.8. The number of fused-ring (bicyclic) bond motifs is 1. The second-order valence-electron chi connectivity index (χ2n) is 6.50. The first-order valence-corrected chi connectivity index (χ1v) is 8.21. The van der Waals surface area contributed by atoms with E-state index in [9.17, 15) is 4.79 Å². The summed E-state index contributed by atoms with van der Waals surface area (Å²) < 4.78 is 1.59. The molecule has 0 N–H and O–H groups in total. The lowest BCUT2D eigenvalue weighted by Crippen LogP contribution is -2.57. The van der Waals surface area contributed by atoms with Crippen LogP contribution >= 0.6 is 0 Å². The van der Waals surface area contributed by atoms with Gasteiger partial charge in [0.05, 0.1) is 0 Å².